The van der Waals surface area contributed by atoms with E-state index in [1.807, 2.05) is 0 Å². The Morgan fingerprint density at radius 1 is 1.42 bits per heavy atom. The highest BCUT2D eigenvalue weighted by Gasteiger charge is 2.33. The average Bonchev–Trinajstić information content (AvgIpc) is 2.88. The standard InChI is InChI=1S/C16H23NO2/c1-3-5-13-7-9-14(10-8-13)12(2)17-11-4-6-15(17)16(18)19/h7-10,12,15H,3-6,11H2,1-2H3,(H,18,19). The summed E-state index contributed by atoms with van der Waals surface area (Å²) in [6, 6.07) is 8.49. The van der Waals surface area contributed by atoms with E-state index in [4.69, 9.17) is 0 Å². The highest BCUT2D eigenvalue weighted by Crippen LogP contribution is 2.29. The summed E-state index contributed by atoms with van der Waals surface area (Å²) in [5.74, 6) is -0.688. The van der Waals surface area contributed by atoms with Crippen LogP contribution in [-0.2, 0) is 11.2 Å². The summed E-state index contributed by atoms with van der Waals surface area (Å²) in [6.07, 6.45) is 4.01. The molecular weight excluding hydrogens is 238 g/mol. The molecule has 1 aromatic carbocycles. The topological polar surface area (TPSA) is 40.5 Å². The fraction of sp³-hybridized carbons (Fsp3) is 0.562. The van der Waals surface area contributed by atoms with Gasteiger partial charge in [-0.3, -0.25) is 9.69 Å². The monoisotopic (exact) mass is 261 g/mol. The molecule has 3 heteroatoms. The Hall–Kier alpha value is -1.35. The number of aliphatic carboxylic acids is 1. The zero-order valence-electron chi connectivity index (χ0n) is 11.8. The van der Waals surface area contributed by atoms with E-state index in [1.165, 1.54) is 11.1 Å². The number of aryl methyl sites for hydroxylation is 1. The van der Waals surface area contributed by atoms with Gasteiger partial charge in [0, 0.05) is 6.04 Å². The Balaban J connectivity index is 2.10. The van der Waals surface area contributed by atoms with Crippen LogP contribution in [0.25, 0.3) is 0 Å². The van der Waals surface area contributed by atoms with Gasteiger partial charge in [-0.1, -0.05) is 37.6 Å². The number of carboxylic acid groups (broad SMARTS) is 1. The molecule has 0 spiro atoms. The number of rotatable bonds is 5. The van der Waals surface area contributed by atoms with Crippen molar-refractivity contribution in [2.24, 2.45) is 0 Å². The Bertz CT molecular complexity index is 427. The molecular formula is C16H23NO2. The van der Waals surface area contributed by atoms with Crippen molar-refractivity contribution in [2.45, 2.75) is 51.6 Å². The second kappa shape index (κ2) is 6.20. The third-order valence-electron chi connectivity index (χ3n) is 4.08. The van der Waals surface area contributed by atoms with Crippen LogP contribution in [0.1, 0.15) is 50.3 Å². The maximum Gasteiger partial charge on any atom is 0.320 e. The minimum atomic E-state index is -0.688. The smallest absolute Gasteiger partial charge is 0.320 e. The van der Waals surface area contributed by atoms with Crippen LogP contribution in [0.15, 0.2) is 24.3 Å². The van der Waals surface area contributed by atoms with E-state index in [1.54, 1.807) is 0 Å². The molecule has 2 unspecified atom stereocenters. The molecule has 1 N–H and O–H groups in total. The van der Waals surface area contributed by atoms with Crippen LogP contribution < -0.4 is 0 Å². The van der Waals surface area contributed by atoms with Gasteiger partial charge in [0.2, 0.25) is 0 Å². The number of nitrogens with zero attached hydrogens (tertiary/aromatic N) is 1. The molecule has 1 saturated heterocycles. The summed E-state index contributed by atoms with van der Waals surface area (Å²) in [7, 11) is 0. The van der Waals surface area contributed by atoms with Gasteiger partial charge < -0.3 is 5.11 Å². The van der Waals surface area contributed by atoms with Crippen molar-refractivity contribution in [1.29, 1.82) is 0 Å². The highest BCUT2D eigenvalue weighted by atomic mass is 16.4. The first-order valence-corrected chi connectivity index (χ1v) is 7.21. The van der Waals surface area contributed by atoms with Gasteiger partial charge in [0.25, 0.3) is 0 Å². The van der Waals surface area contributed by atoms with E-state index in [2.05, 4.69) is 43.0 Å². The lowest BCUT2D eigenvalue weighted by atomic mass is 10.0. The van der Waals surface area contributed by atoms with Crippen molar-refractivity contribution in [3.63, 3.8) is 0 Å². The van der Waals surface area contributed by atoms with Gasteiger partial charge in [0.05, 0.1) is 0 Å². The molecule has 0 aromatic heterocycles. The molecule has 0 aliphatic carbocycles. The molecule has 1 aromatic rings. The minimum absolute atomic E-state index is 0.180. The van der Waals surface area contributed by atoms with Gasteiger partial charge in [-0.25, -0.2) is 0 Å². The lowest BCUT2D eigenvalue weighted by Crippen LogP contribution is -2.37. The highest BCUT2D eigenvalue weighted by molar-refractivity contribution is 5.73. The van der Waals surface area contributed by atoms with Crippen molar-refractivity contribution >= 4 is 5.97 Å². The first-order chi connectivity index (χ1) is 9.13. The Labute approximate surface area is 115 Å². The zero-order chi connectivity index (χ0) is 13.8. The summed E-state index contributed by atoms with van der Waals surface area (Å²) in [5, 5.41) is 9.25. The maximum atomic E-state index is 11.2. The van der Waals surface area contributed by atoms with Gasteiger partial charge in [0.1, 0.15) is 6.04 Å². The molecule has 104 valence electrons. The molecule has 1 aliphatic rings. The number of likely N-dealkylation sites (tertiary alicyclic amines) is 1. The fourth-order valence-corrected chi connectivity index (χ4v) is 2.96. The van der Waals surface area contributed by atoms with E-state index >= 15 is 0 Å². The van der Waals surface area contributed by atoms with Crippen molar-refractivity contribution in [3.05, 3.63) is 35.4 Å². The lowest BCUT2D eigenvalue weighted by molar-refractivity contribution is -0.142. The molecule has 0 amide bonds. The van der Waals surface area contributed by atoms with Gasteiger partial charge in [-0.05, 0) is 43.9 Å². The minimum Gasteiger partial charge on any atom is -0.480 e. The molecule has 0 radical (unpaired) electrons. The predicted octanol–water partition coefficient (Wildman–Crippen LogP) is 3.25. The average molecular weight is 261 g/mol. The van der Waals surface area contributed by atoms with Crippen LogP contribution in [0.5, 0.6) is 0 Å². The van der Waals surface area contributed by atoms with Crippen molar-refractivity contribution in [2.75, 3.05) is 6.54 Å². The van der Waals surface area contributed by atoms with Gasteiger partial charge in [-0.2, -0.15) is 0 Å². The molecule has 1 aliphatic heterocycles. The van der Waals surface area contributed by atoms with Crippen LogP contribution in [-0.4, -0.2) is 28.6 Å². The van der Waals surface area contributed by atoms with E-state index in [0.717, 1.165) is 32.2 Å². The van der Waals surface area contributed by atoms with Crippen LogP contribution >= 0.6 is 0 Å². The molecule has 19 heavy (non-hydrogen) atoms. The molecule has 0 bridgehead atoms. The van der Waals surface area contributed by atoms with E-state index < -0.39 is 5.97 Å². The van der Waals surface area contributed by atoms with Crippen LogP contribution in [0.4, 0.5) is 0 Å². The van der Waals surface area contributed by atoms with Crippen molar-refractivity contribution in [3.8, 4) is 0 Å². The molecule has 2 rings (SSSR count). The van der Waals surface area contributed by atoms with E-state index in [0.29, 0.717) is 0 Å². The number of hydrogen-bond donors (Lipinski definition) is 1. The normalized spacial score (nSPS) is 21.5. The molecule has 2 atom stereocenters. The van der Waals surface area contributed by atoms with E-state index in [9.17, 15) is 9.90 Å². The largest absolute Gasteiger partial charge is 0.480 e. The predicted molar refractivity (Wildman–Crippen MR) is 76.2 cm³/mol. The van der Waals surface area contributed by atoms with Crippen LogP contribution in [0, 0.1) is 0 Å². The number of carboxylic acids is 1. The third-order valence-corrected chi connectivity index (χ3v) is 4.08. The fourth-order valence-electron chi connectivity index (χ4n) is 2.96. The Morgan fingerprint density at radius 2 is 2.11 bits per heavy atom. The first kappa shape index (κ1) is 14.1. The van der Waals surface area contributed by atoms with E-state index in [-0.39, 0.29) is 12.1 Å². The second-order valence-electron chi connectivity index (χ2n) is 5.40. The SMILES string of the molecule is CCCc1ccc(C(C)N2CCCC2C(=O)O)cc1. The molecule has 0 saturated carbocycles. The number of hydrogen-bond acceptors (Lipinski definition) is 2. The second-order valence-corrected chi connectivity index (χ2v) is 5.40. The van der Waals surface area contributed by atoms with Crippen LogP contribution in [0.2, 0.25) is 0 Å². The summed E-state index contributed by atoms with van der Waals surface area (Å²) in [5.41, 5.74) is 2.57. The molecule has 1 heterocycles. The summed E-state index contributed by atoms with van der Waals surface area (Å²) >= 11 is 0. The summed E-state index contributed by atoms with van der Waals surface area (Å²) in [6.45, 7) is 5.17. The quantitative estimate of drug-likeness (QED) is 0.884. The van der Waals surface area contributed by atoms with Gasteiger partial charge >= 0.3 is 5.97 Å². The number of carbonyl (C=O) groups is 1. The summed E-state index contributed by atoms with van der Waals surface area (Å²) < 4.78 is 0. The van der Waals surface area contributed by atoms with Crippen LogP contribution in [0.3, 0.4) is 0 Å². The Kier molecular flexibility index (Phi) is 4.59. The first-order valence-electron chi connectivity index (χ1n) is 7.21. The van der Waals surface area contributed by atoms with Gasteiger partial charge in [-0.15, -0.1) is 0 Å². The summed E-state index contributed by atoms with van der Waals surface area (Å²) in [4.78, 5) is 13.4. The zero-order valence-corrected chi connectivity index (χ0v) is 11.8. The maximum absolute atomic E-state index is 11.2. The van der Waals surface area contributed by atoms with Gasteiger partial charge in [0.15, 0.2) is 0 Å². The lowest BCUT2D eigenvalue weighted by Gasteiger charge is -2.28. The molecule has 1 fully saturated rings. The molecule has 3 nitrogen and oxygen atoms in total. The third kappa shape index (κ3) is 3.16. The number of benzene rings is 1. The van der Waals surface area contributed by atoms with Crippen molar-refractivity contribution < 1.29 is 9.90 Å². The Morgan fingerprint density at radius 3 is 2.68 bits per heavy atom. The van der Waals surface area contributed by atoms with Crippen molar-refractivity contribution in [1.82, 2.24) is 4.90 Å².